The van der Waals surface area contributed by atoms with Crippen LogP contribution < -0.4 is 10.2 Å². The van der Waals surface area contributed by atoms with Crippen molar-refractivity contribution in [2.45, 2.75) is 13.3 Å². The van der Waals surface area contributed by atoms with E-state index in [0.29, 0.717) is 0 Å². The minimum absolute atomic E-state index is 0.729. The summed E-state index contributed by atoms with van der Waals surface area (Å²) in [5.41, 5.74) is 0. The summed E-state index contributed by atoms with van der Waals surface area (Å²) in [6, 6.07) is 0.731. The minimum Gasteiger partial charge on any atom is -0.429 e. The monoisotopic (exact) mass is 195 g/mol. The number of nitrogens with one attached hydrogen (secondary N) is 1. The predicted molar refractivity (Wildman–Crippen MR) is 55.5 cm³/mol. The van der Waals surface area contributed by atoms with Crippen LogP contribution in [0.1, 0.15) is 12.2 Å². The smallest absolute Gasteiger partial charge is 0.297 e. The Morgan fingerprint density at radius 1 is 1.71 bits per heavy atom. The molecule has 14 heavy (non-hydrogen) atoms. The molecule has 1 aliphatic heterocycles. The number of nitrogens with zero attached hydrogens (tertiary/aromatic N) is 2. The third kappa shape index (κ3) is 2.07. The van der Waals surface area contributed by atoms with E-state index < -0.39 is 0 Å². The first-order valence-corrected chi connectivity index (χ1v) is 5.10. The molecule has 78 valence electrons. The second-order valence-corrected chi connectivity index (χ2v) is 3.99. The van der Waals surface area contributed by atoms with Gasteiger partial charge in [0.15, 0.2) is 0 Å². The summed E-state index contributed by atoms with van der Waals surface area (Å²) in [5, 5.41) is 3.36. The van der Waals surface area contributed by atoms with Crippen molar-refractivity contribution in [1.82, 2.24) is 10.3 Å². The fourth-order valence-electron chi connectivity index (χ4n) is 1.85. The van der Waals surface area contributed by atoms with E-state index in [0.717, 1.165) is 37.3 Å². The van der Waals surface area contributed by atoms with E-state index in [1.54, 1.807) is 6.20 Å². The highest BCUT2D eigenvalue weighted by Gasteiger charge is 2.18. The van der Waals surface area contributed by atoms with Crippen molar-refractivity contribution in [2.24, 2.45) is 5.92 Å². The van der Waals surface area contributed by atoms with Crippen molar-refractivity contribution in [3.05, 3.63) is 12.0 Å². The topological polar surface area (TPSA) is 41.3 Å². The highest BCUT2D eigenvalue weighted by atomic mass is 16.4. The molecule has 1 fully saturated rings. The van der Waals surface area contributed by atoms with Gasteiger partial charge in [-0.05, 0) is 32.4 Å². The Balaban J connectivity index is 1.91. The Morgan fingerprint density at radius 3 is 3.14 bits per heavy atom. The zero-order valence-corrected chi connectivity index (χ0v) is 8.79. The van der Waals surface area contributed by atoms with Crippen molar-refractivity contribution < 1.29 is 4.42 Å². The van der Waals surface area contributed by atoms with E-state index in [1.807, 2.05) is 14.0 Å². The van der Waals surface area contributed by atoms with E-state index in [1.165, 1.54) is 6.42 Å². The summed E-state index contributed by atoms with van der Waals surface area (Å²) < 4.78 is 5.45. The molecule has 1 unspecified atom stereocenters. The van der Waals surface area contributed by atoms with Gasteiger partial charge in [0, 0.05) is 13.6 Å². The van der Waals surface area contributed by atoms with Crippen LogP contribution in [0, 0.1) is 12.8 Å². The van der Waals surface area contributed by atoms with Crippen LogP contribution in [-0.4, -0.2) is 31.7 Å². The van der Waals surface area contributed by atoms with E-state index in [-0.39, 0.29) is 0 Å². The van der Waals surface area contributed by atoms with Crippen LogP contribution in [0.3, 0.4) is 0 Å². The molecule has 0 aromatic carbocycles. The van der Waals surface area contributed by atoms with Gasteiger partial charge < -0.3 is 14.6 Å². The Labute approximate surface area is 84.3 Å². The van der Waals surface area contributed by atoms with E-state index >= 15 is 0 Å². The lowest BCUT2D eigenvalue weighted by atomic mass is 10.1. The van der Waals surface area contributed by atoms with Gasteiger partial charge >= 0.3 is 0 Å². The summed E-state index contributed by atoms with van der Waals surface area (Å²) in [6.07, 6.45) is 3.02. The molecule has 1 saturated heterocycles. The van der Waals surface area contributed by atoms with Crippen LogP contribution in [0.4, 0.5) is 6.01 Å². The standard InChI is InChI=1S/C10H17N3O/c1-8-5-12-10(14-8)13(2)7-9-3-4-11-6-9/h5,9,11H,3-4,6-7H2,1-2H3. The summed E-state index contributed by atoms with van der Waals surface area (Å²) in [7, 11) is 2.03. The van der Waals surface area contributed by atoms with Crippen molar-refractivity contribution in [3.63, 3.8) is 0 Å². The van der Waals surface area contributed by atoms with Crippen LogP contribution >= 0.6 is 0 Å². The molecule has 1 aliphatic rings. The second-order valence-electron chi connectivity index (χ2n) is 3.99. The fraction of sp³-hybridized carbons (Fsp3) is 0.700. The number of hydrogen-bond acceptors (Lipinski definition) is 4. The maximum Gasteiger partial charge on any atom is 0.297 e. The first-order valence-electron chi connectivity index (χ1n) is 5.10. The van der Waals surface area contributed by atoms with E-state index in [9.17, 15) is 0 Å². The molecule has 0 amide bonds. The molecule has 4 nitrogen and oxygen atoms in total. The van der Waals surface area contributed by atoms with Crippen LogP contribution in [0.5, 0.6) is 0 Å². The summed E-state index contributed by atoms with van der Waals surface area (Å²) >= 11 is 0. The normalized spacial score (nSPS) is 21.4. The van der Waals surface area contributed by atoms with Gasteiger partial charge in [0.1, 0.15) is 5.76 Å². The van der Waals surface area contributed by atoms with Gasteiger partial charge in [-0.25, -0.2) is 4.98 Å². The lowest BCUT2D eigenvalue weighted by molar-refractivity contribution is 0.493. The lowest BCUT2D eigenvalue weighted by Crippen LogP contribution is -2.26. The number of anilines is 1. The molecule has 4 heteroatoms. The molecule has 2 heterocycles. The maximum atomic E-state index is 5.45. The maximum absolute atomic E-state index is 5.45. The van der Waals surface area contributed by atoms with E-state index in [4.69, 9.17) is 4.42 Å². The van der Waals surface area contributed by atoms with Gasteiger partial charge in [-0.3, -0.25) is 0 Å². The van der Waals surface area contributed by atoms with Gasteiger partial charge in [0.05, 0.1) is 6.20 Å². The molecular weight excluding hydrogens is 178 g/mol. The predicted octanol–water partition coefficient (Wildman–Crippen LogP) is 1.03. The van der Waals surface area contributed by atoms with Crippen molar-refractivity contribution in [1.29, 1.82) is 0 Å². The number of aryl methyl sites for hydroxylation is 1. The average molecular weight is 195 g/mol. The average Bonchev–Trinajstić information content (AvgIpc) is 2.75. The van der Waals surface area contributed by atoms with Crippen molar-refractivity contribution in [2.75, 3.05) is 31.6 Å². The molecule has 0 bridgehead atoms. The Hall–Kier alpha value is -1.03. The summed E-state index contributed by atoms with van der Waals surface area (Å²) in [5.74, 6) is 1.60. The zero-order chi connectivity index (χ0) is 9.97. The summed E-state index contributed by atoms with van der Waals surface area (Å²) in [6.45, 7) is 5.20. The van der Waals surface area contributed by atoms with Crippen LogP contribution in [-0.2, 0) is 0 Å². The Morgan fingerprint density at radius 2 is 2.57 bits per heavy atom. The molecule has 0 radical (unpaired) electrons. The molecule has 1 aromatic heterocycles. The molecule has 0 spiro atoms. The minimum atomic E-state index is 0.729. The number of oxazole rings is 1. The largest absolute Gasteiger partial charge is 0.429 e. The van der Waals surface area contributed by atoms with Crippen LogP contribution in [0.2, 0.25) is 0 Å². The third-order valence-corrected chi connectivity index (χ3v) is 2.63. The molecule has 0 saturated carbocycles. The van der Waals surface area contributed by atoms with Gasteiger partial charge in [-0.1, -0.05) is 0 Å². The fourth-order valence-corrected chi connectivity index (χ4v) is 1.85. The van der Waals surface area contributed by atoms with Gasteiger partial charge in [0.2, 0.25) is 0 Å². The first-order chi connectivity index (χ1) is 6.75. The van der Waals surface area contributed by atoms with Crippen molar-refractivity contribution >= 4 is 6.01 Å². The Bertz CT molecular complexity index is 291. The lowest BCUT2D eigenvalue weighted by Gasteiger charge is -2.18. The SMILES string of the molecule is Cc1cnc(N(C)CC2CCNC2)o1. The molecule has 1 atom stereocenters. The molecule has 2 rings (SSSR count). The van der Waals surface area contributed by atoms with Gasteiger partial charge in [-0.2, -0.15) is 0 Å². The molecular formula is C10H17N3O. The highest BCUT2D eigenvalue weighted by Crippen LogP contribution is 2.16. The zero-order valence-electron chi connectivity index (χ0n) is 8.79. The van der Waals surface area contributed by atoms with E-state index in [2.05, 4.69) is 15.2 Å². The summed E-state index contributed by atoms with van der Waals surface area (Å²) in [4.78, 5) is 6.28. The number of hydrogen-bond donors (Lipinski definition) is 1. The first kappa shape index (κ1) is 9.52. The number of rotatable bonds is 3. The highest BCUT2D eigenvalue weighted by molar-refractivity contribution is 5.24. The molecule has 1 N–H and O–H groups in total. The Kier molecular flexibility index (Phi) is 2.72. The van der Waals surface area contributed by atoms with Gasteiger partial charge in [-0.15, -0.1) is 0 Å². The second kappa shape index (κ2) is 4.00. The number of aromatic nitrogens is 1. The van der Waals surface area contributed by atoms with Crippen LogP contribution in [0.15, 0.2) is 10.6 Å². The van der Waals surface area contributed by atoms with Crippen molar-refractivity contribution in [3.8, 4) is 0 Å². The van der Waals surface area contributed by atoms with Gasteiger partial charge in [0.25, 0.3) is 6.01 Å². The third-order valence-electron chi connectivity index (χ3n) is 2.63. The molecule has 1 aromatic rings. The molecule has 0 aliphatic carbocycles. The quantitative estimate of drug-likeness (QED) is 0.782. The van der Waals surface area contributed by atoms with Crippen LogP contribution in [0.25, 0.3) is 0 Å².